The summed E-state index contributed by atoms with van der Waals surface area (Å²) in [6.07, 6.45) is 3.67. The molecule has 3 N–H and O–H groups in total. The van der Waals surface area contributed by atoms with Gasteiger partial charge in [-0.3, -0.25) is 9.69 Å². The molecule has 1 atom stereocenters. The Balaban J connectivity index is 1.98. The van der Waals surface area contributed by atoms with E-state index in [0.29, 0.717) is 19.0 Å². The maximum atomic E-state index is 12.4. The number of piperidine rings is 2. The number of carbonyl (C=O) groups is 1. The summed E-state index contributed by atoms with van der Waals surface area (Å²) in [5.41, 5.74) is -1.53. The number of amides is 1. The van der Waals surface area contributed by atoms with Crippen LogP contribution < -0.4 is 10.6 Å². The average Bonchev–Trinajstić information content (AvgIpc) is 2.38. The molecule has 0 aromatic heterocycles. The smallest absolute Gasteiger partial charge is 0.253 e. The number of aliphatic hydroxyl groups is 1. The Morgan fingerprint density at radius 2 is 2.00 bits per heavy atom. The van der Waals surface area contributed by atoms with Crippen LogP contribution in [0, 0.1) is 0 Å². The molecule has 5 heteroatoms. The minimum atomic E-state index is -1.23. The van der Waals surface area contributed by atoms with E-state index in [9.17, 15) is 9.90 Å². The molecule has 0 saturated carbocycles. The van der Waals surface area contributed by atoms with Crippen molar-refractivity contribution in [3.63, 3.8) is 0 Å². The quantitative estimate of drug-likeness (QED) is 0.690. The van der Waals surface area contributed by atoms with Gasteiger partial charge in [0.1, 0.15) is 0 Å². The summed E-state index contributed by atoms with van der Waals surface area (Å²) in [4.78, 5) is 14.7. The van der Waals surface area contributed by atoms with E-state index < -0.39 is 5.60 Å². The van der Waals surface area contributed by atoms with Gasteiger partial charge in [0.2, 0.25) is 0 Å². The first kappa shape index (κ1) is 15.7. The van der Waals surface area contributed by atoms with Gasteiger partial charge in [-0.15, -0.1) is 0 Å². The normalized spacial score (nSPS) is 30.2. The highest BCUT2D eigenvalue weighted by Crippen LogP contribution is 2.26. The van der Waals surface area contributed by atoms with Crippen molar-refractivity contribution in [2.45, 2.75) is 63.6 Å². The maximum Gasteiger partial charge on any atom is 0.253 e. The molecule has 2 aliphatic rings. The lowest BCUT2D eigenvalue weighted by atomic mass is 9.88. The van der Waals surface area contributed by atoms with Crippen molar-refractivity contribution in [1.29, 1.82) is 0 Å². The Bertz CT molecular complexity index is 348. The second kappa shape index (κ2) is 6.00. The number of nitrogens with zero attached hydrogens (tertiary/aromatic N) is 1. The minimum Gasteiger partial charge on any atom is -0.379 e. The molecule has 2 heterocycles. The van der Waals surface area contributed by atoms with Crippen molar-refractivity contribution in [3.05, 3.63) is 0 Å². The monoisotopic (exact) mass is 283 g/mol. The molecule has 2 rings (SSSR count). The summed E-state index contributed by atoms with van der Waals surface area (Å²) in [6.45, 7) is 9.38. The number of rotatable bonds is 2. The summed E-state index contributed by atoms with van der Waals surface area (Å²) in [7, 11) is 0. The van der Waals surface area contributed by atoms with Crippen LogP contribution in [0.2, 0.25) is 0 Å². The van der Waals surface area contributed by atoms with Crippen LogP contribution in [0.15, 0.2) is 0 Å². The first-order valence-corrected chi connectivity index (χ1v) is 7.80. The van der Waals surface area contributed by atoms with Gasteiger partial charge in [-0.25, -0.2) is 0 Å². The third-order valence-corrected chi connectivity index (χ3v) is 4.24. The van der Waals surface area contributed by atoms with Crippen LogP contribution in [-0.2, 0) is 4.79 Å². The summed E-state index contributed by atoms with van der Waals surface area (Å²) in [6, 6.07) is 0.505. The molecule has 5 nitrogen and oxygen atoms in total. The van der Waals surface area contributed by atoms with E-state index in [1.165, 1.54) is 0 Å². The molecule has 0 bridgehead atoms. The number of hydrogen-bond donors (Lipinski definition) is 3. The lowest BCUT2D eigenvalue weighted by Gasteiger charge is -2.44. The largest absolute Gasteiger partial charge is 0.379 e. The van der Waals surface area contributed by atoms with Gasteiger partial charge < -0.3 is 15.7 Å². The highest BCUT2D eigenvalue weighted by atomic mass is 16.3. The Morgan fingerprint density at radius 3 is 2.60 bits per heavy atom. The molecule has 0 aromatic rings. The number of likely N-dealkylation sites (tertiary alicyclic amines) is 1. The van der Waals surface area contributed by atoms with E-state index in [1.54, 1.807) is 0 Å². The van der Waals surface area contributed by atoms with Crippen molar-refractivity contribution in [2.75, 3.05) is 26.2 Å². The van der Waals surface area contributed by atoms with Crippen LogP contribution in [0.25, 0.3) is 0 Å². The van der Waals surface area contributed by atoms with Crippen LogP contribution >= 0.6 is 0 Å². The van der Waals surface area contributed by atoms with Crippen molar-refractivity contribution in [1.82, 2.24) is 15.5 Å². The topological polar surface area (TPSA) is 64.6 Å². The fourth-order valence-corrected chi connectivity index (χ4v) is 3.19. The number of β-amino-alcohol motifs (C(OH)–C–C–N with tert-alkyl or cyclic N) is 1. The molecule has 1 unspecified atom stereocenters. The maximum absolute atomic E-state index is 12.4. The molecule has 0 aliphatic carbocycles. The summed E-state index contributed by atoms with van der Waals surface area (Å²) in [5.74, 6) is -0.219. The molecule has 1 amide bonds. The molecule has 116 valence electrons. The molecular weight excluding hydrogens is 254 g/mol. The molecule has 2 fully saturated rings. The molecule has 0 radical (unpaired) electrons. The first-order valence-electron chi connectivity index (χ1n) is 7.80. The zero-order valence-corrected chi connectivity index (χ0v) is 13.0. The summed E-state index contributed by atoms with van der Waals surface area (Å²) >= 11 is 0. The average molecular weight is 283 g/mol. The predicted molar refractivity (Wildman–Crippen MR) is 79.5 cm³/mol. The van der Waals surface area contributed by atoms with Crippen LogP contribution in [-0.4, -0.2) is 59.3 Å². The van der Waals surface area contributed by atoms with Gasteiger partial charge in [0, 0.05) is 18.1 Å². The minimum absolute atomic E-state index is 0.219. The van der Waals surface area contributed by atoms with Crippen LogP contribution in [0.4, 0.5) is 0 Å². The van der Waals surface area contributed by atoms with Gasteiger partial charge in [0.25, 0.3) is 5.91 Å². The lowest BCUT2D eigenvalue weighted by Crippen LogP contribution is -2.62. The Kier molecular flexibility index (Phi) is 4.72. The Labute approximate surface area is 122 Å². The number of carbonyl (C=O) groups excluding carboxylic acids is 1. The molecule has 2 aliphatic heterocycles. The van der Waals surface area contributed by atoms with Gasteiger partial charge in [-0.1, -0.05) is 0 Å². The number of hydrogen-bond acceptors (Lipinski definition) is 4. The van der Waals surface area contributed by atoms with Crippen molar-refractivity contribution >= 4 is 5.91 Å². The molecule has 2 saturated heterocycles. The van der Waals surface area contributed by atoms with Gasteiger partial charge in [0.15, 0.2) is 5.60 Å². The SMILES string of the molecule is CC(C)(C)NC(=O)C1(O)CCCN(C2CCNCC2)C1. The van der Waals surface area contributed by atoms with Crippen molar-refractivity contribution in [2.24, 2.45) is 0 Å². The van der Waals surface area contributed by atoms with Gasteiger partial charge in [-0.05, 0) is 66.1 Å². The zero-order valence-electron chi connectivity index (χ0n) is 13.0. The van der Waals surface area contributed by atoms with E-state index >= 15 is 0 Å². The molecular formula is C15H29N3O2. The third-order valence-electron chi connectivity index (χ3n) is 4.24. The van der Waals surface area contributed by atoms with Crippen LogP contribution in [0.3, 0.4) is 0 Å². The van der Waals surface area contributed by atoms with Crippen molar-refractivity contribution < 1.29 is 9.90 Å². The van der Waals surface area contributed by atoms with Crippen LogP contribution in [0.1, 0.15) is 46.5 Å². The van der Waals surface area contributed by atoms with E-state index in [0.717, 1.165) is 38.9 Å². The fourth-order valence-electron chi connectivity index (χ4n) is 3.19. The van der Waals surface area contributed by atoms with Crippen LogP contribution in [0.5, 0.6) is 0 Å². The second-order valence-corrected chi connectivity index (χ2v) is 7.29. The highest BCUT2D eigenvalue weighted by molar-refractivity contribution is 5.85. The molecule has 20 heavy (non-hydrogen) atoms. The summed E-state index contributed by atoms with van der Waals surface area (Å²) in [5, 5.41) is 17.0. The third kappa shape index (κ3) is 3.93. The van der Waals surface area contributed by atoms with Gasteiger partial charge in [0.05, 0.1) is 0 Å². The standard InChI is InChI=1S/C15H29N3O2/c1-14(2,3)17-13(19)15(20)7-4-10-18(11-15)12-5-8-16-9-6-12/h12,16,20H,4-11H2,1-3H3,(H,17,19). The highest BCUT2D eigenvalue weighted by Gasteiger charge is 2.42. The first-order chi connectivity index (χ1) is 9.30. The van der Waals surface area contributed by atoms with E-state index in [4.69, 9.17) is 0 Å². The predicted octanol–water partition coefficient (Wildman–Crippen LogP) is 0.480. The molecule has 0 aromatic carbocycles. The number of nitrogens with one attached hydrogen (secondary N) is 2. The summed E-state index contributed by atoms with van der Waals surface area (Å²) < 4.78 is 0. The van der Waals surface area contributed by atoms with Crippen molar-refractivity contribution in [3.8, 4) is 0 Å². The lowest BCUT2D eigenvalue weighted by molar-refractivity contribution is -0.148. The Morgan fingerprint density at radius 1 is 1.35 bits per heavy atom. The molecule has 0 spiro atoms. The fraction of sp³-hybridized carbons (Fsp3) is 0.933. The Hall–Kier alpha value is -0.650. The van der Waals surface area contributed by atoms with Gasteiger partial charge >= 0.3 is 0 Å². The van der Waals surface area contributed by atoms with E-state index in [2.05, 4.69) is 15.5 Å². The second-order valence-electron chi connectivity index (χ2n) is 7.29. The van der Waals surface area contributed by atoms with E-state index in [1.807, 2.05) is 20.8 Å². The van der Waals surface area contributed by atoms with E-state index in [-0.39, 0.29) is 11.4 Å². The zero-order chi connectivity index (χ0) is 14.8. The van der Waals surface area contributed by atoms with Gasteiger partial charge in [-0.2, -0.15) is 0 Å².